The van der Waals surface area contributed by atoms with Gasteiger partial charge in [0.2, 0.25) is 0 Å². The number of hydrogen-bond donors (Lipinski definition) is 3. The Hall–Kier alpha value is -2.97. The van der Waals surface area contributed by atoms with Crippen LogP contribution in [0.15, 0.2) is 42.1 Å². The Bertz CT molecular complexity index is 1110. The average molecular weight is 442 g/mol. The van der Waals surface area contributed by atoms with E-state index in [-0.39, 0.29) is 22.9 Å². The average Bonchev–Trinajstić information content (AvgIpc) is 3.58. The maximum Gasteiger partial charge on any atom is 0.387 e. The fraction of sp³-hybridized carbons (Fsp3) is 0.375. The number of carbonyl (C=O) groups is 1. The third-order valence-electron chi connectivity index (χ3n) is 6.37. The Morgan fingerprint density at radius 1 is 1.22 bits per heavy atom. The normalized spacial score (nSPS) is 22.3. The van der Waals surface area contributed by atoms with Crippen molar-refractivity contribution in [2.75, 3.05) is 4.90 Å². The Labute approximate surface area is 184 Å². The van der Waals surface area contributed by atoms with Gasteiger partial charge < -0.3 is 25.2 Å². The largest absolute Gasteiger partial charge is 0.478 e. The number of ether oxygens (including phenoxy) is 1. The Morgan fingerprint density at radius 2 is 2.00 bits per heavy atom. The summed E-state index contributed by atoms with van der Waals surface area (Å²) >= 11 is 0. The number of carboxylic acids is 1. The smallest absolute Gasteiger partial charge is 0.387 e. The number of anilines is 1. The highest BCUT2D eigenvalue weighted by Gasteiger charge is 2.39. The molecule has 3 N–H and O–H groups in total. The maximum atomic E-state index is 13.5. The van der Waals surface area contributed by atoms with E-state index >= 15 is 0 Å². The van der Waals surface area contributed by atoms with Crippen LogP contribution in [-0.4, -0.2) is 34.9 Å². The molecule has 2 aromatic carbocycles. The van der Waals surface area contributed by atoms with Gasteiger partial charge in [-0.25, -0.2) is 4.79 Å². The molecule has 2 heterocycles. The van der Waals surface area contributed by atoms with Crippen LogP contribution in [0.5, 0.6) is 5.75 Å². The summed E-state index contributed by atoms with van der Waals surface area (Å²) in [6, 6.07) is 9.43. The summed E-state index contributed by atoms with van der Waals surface area (Å²) in [5.74, 6) is -1.28. The number of aliphatic hydroxyl groups is 1. The Morgan fingerprint density at radius 3 is 2.69 bits per heavy atom. The molecule has 2 unspecified atom stereocenters. The molecule has 0 aromatic heterocycles. The van der Waals surface area contributed by atoms with Gasteiger partial charge in [-0.2, -0.15) is 8.78 Å². The van der Waals surface area contributed by atoms with E-state index < -0.39 is 18.7 Å². The van der Waals surface area contributed by atoms with E-state index in [1.807, 2.05) is 18.2 Å². The number of aliphatic carboxylic acids is 1. The predicted molar refractivity (Wildman–Crippen MR) is 115 cm³/mol. The SMILES string of the molecule is CC1Cc2cc(-c3ccc4c(c3OC(F)F)N(C3CC3)C=C(C(=O)O)C4O)ccc2CN1. The molecule has 0 bridgehead atoms. The number of nitrogens with one attached hydrogen (secondary N) is 1. The van der Waals surface area contributed by atoms with E-state index in [0.29, 0.717) is 17.3 Å². The molecular formula is C24H24F2N2O4. The second-order valence-corrected chi connectivity index (χ2v) is 8.66. The molecule has 168 valence electrons. The molecule has 6 nitrogen and oxygen atoms in total. The van der Waals surface area contributed by atoms with Gasteiger partial charge >= 0.3 is 12.6 Å². The van der Waals surface area contributed by atoms with Crippen LogP contribution in [0.4, 0.5) is 14.5 Å². The third-order valence-corrected chi connectivity index (χ3v) is 6.37. The van der Waals surface area contributed by atoms with Crippen LogP contribution in [0.1, 0.15) is 42.6 Å². The van der Waals surface area contributed by atoms with E-state index in [9.17, 15) is 23.8 Å². The number of aliphatic hydroxyl groups excluding tert-OH is 1. The van der Waals surface area contributed by atoms with Gasteiger partial charge in [-0.1, -0.05) is 30.3 Å². The molecule has 1 aliphatic carbocycles. The van der Waals surface area contributed by atoms with Crippen molar-refractivity contribution >= 4 is 11.7 Å². The first-order valence-corrected chi connectivity index (χ1v) is 10.7. The first-order chi connectivity index (χ1) is 15.3. The fourth-order valence-corrected chi connectivity index (χ4v) is 4.62. The topological polar surface area (TPSA) is 82.0 Å². The lowest BCUT2D eigenvalue weighted by Gasteiger charge is -2.33. The molecule has 0 amide bonds. The van der Waals surface area contributed by atoms with Gasteiger partial charge in [0.25, 0.3) is 0 Å². The molecule has 0 saturated heterocycles. The summed E-state index contributed by atoms with van der Waals surface area (Å²) in [7, 11) is 0. The molecule has 0 spiro atoms. The van der Waals surface area contributed by atoms with Crippen molar-refractivity contribution in [1.82, 2.24) is 5.32 Å². The van der Waals surface area contributed by atoms with Crippen molar-refractivity contribution in [3.8, 4) is 16.9 Å². The van der Waals surface area contributed by atoms with Crippen molar-refractivity contribution in [2.24, 2.45) is 0 Å². The van der Waals surface area contributed by atoms with Crippen LogP contribution in [0.25, 0.3) is 11.1 Å². The van der Waals surface area contributed by atoms with Crippen LogP contribution in [0.3, 0.4) is 0 Å². The highest BCUT2D eigenvalue weighted by Crippen LogP contribution is 2.51. The fourth-order valence-electron chi connectivity index (χ4n) is 4.62. The van der Waals surface area contributed by atoms with Gasteiger partial charge in [0.15, 0.2) is 5.75 Å². The lowest BCUT2D eigenvalue weighted by molar-refractivity contribution is -0.133. The van der Waals surface area contributed by atoms with Crippen molar-refractivity contribution in [3.05, 3.63) is 58.8 Å². The maximum absolute atomic E-state index is 13.5. The van der Waals surface area contributed by atoms with Crippen LogP contribution >= 0.6 is 0 Å². The highest BCUT2D eigenvalue weighted by atomic mass is 19.3. The molecule has 1 fully saturated rings. The van der Waals surface area contributed by atoms with Crippen molar-refractivity contribution in [2.45, 2.75) is 57.5 Å². The molecule has 0 radical (unpaired) electrons. The standard InChI is InChI=1S/C24H24F2N2O4/c1-12-8-15-9-13(2-3-14(15)10-27-12)17-6-7-18-20(22(17)32-24(25)26)28(16-4-5-16)11-19(21(18)29)23(30)31/h2-3,6-7,9,11-12,16,21,24,27,29H,4-5,8,10H2,1H3,(H,30,31). The quantitative estimate of drug-likeness (QED) is 0.650. The molecular weight excluding hydrogens is 418 g/mol. The van der Waals surface area contributed by atoms with Crippen LogP contribution < -0.4 is 15.0 Å². The van der Waals surface area contributed by atoms with Crippen LogP contribution in [0.2, 0.25) is 0 Å². The number of rotatable bonds is 5. The second-order valence-electron chi connectivity index (χ2n) is 8.66. The summed E-state index contributed by atoms with van der Waals surface area (Å²) in [5.41, 5.74) is 3.95. The Balaban J connectivity index is 1.68. The van der Waals surface area contributed by atoms with Crippen LogP contribution in [-0.2, 0) is 17.8 Å². The van der Waals surface area contributed by atoms with Crippen molar-refractivity contribution in [3.63, 3.8) is 0 Å². The number of halogens is 2. The molecule has 5 rings (SSSR count). The van der Waals surface area contributed by atoms with E-state index in [4.69, 9.17) is 4.74 Å². The van der Waals surface area contributed by atoms with Gasteiger partial charge in [0, 0.05) is 36.0 Å². The minimum Gasteiger partial charge on any atom is -0.478 e. The number of fused-ring (bicyclic) bond motifs is 2. The van der Waals surface area contributed by atoms with Gasteiger partial charge in [-0.3, -0.25) is 0 Å². The first kappa shape index (κ1) is 20.9. The molecule has 3 aliphatic rings. The molecule has 1 saturated carbocycles. The molecule has 2 aromatic rings. The Kier molecular flexibility index (Phi) is 5.14. The summed E-state index contributed by atoms with van der Waals surface area (Å²) < 4.78 is 32.1. The lowest BCUT2D eigenvalue weighted by atomic mass is 9.89. The molecule has 8 heteroatoms. The van der Waals surface area contributed by atoms with E-state index in [2.05, 4.69) is 12.2 Å². The minimum absolute atomic E-state index is 0.0127. The van der Waals surface area contributed by atoms with Crippen molar-refractivity contribution in [1.29, 1.82) is 0 Å². The van der Waals surface area contributed by atoms with Crippen molar-refractivity contribution < 1.29 is 28.5 Å². The molecule has 2 aliphatic heterocycles. The zero-order valence-corrected chi connectivity index (χ0v) is 17.5. The number of benzene rings is 2. The van der Waals surface area contributed by atoms with Gasteiger partial charge in [0.05, 0.1) is 11.3 Å². The van der Waals surface area contributed by atoms with E-state index in [1.165, 1.54) is 11.8 Å². The summed E-state index contributed by atoms with van der Waals surface area (Å²) in [6.45, 7) is -0.211. The number of alkyl halides is 2. The first-order valence-electron chi connectivity index (χ1n) is 10.7. The monoisotopic (exact) mass is 442 g/mol. The zero-order valence-electron chi connectivity index (χ0n) is 17.5. The summed E-state index contributed by atoms with van der Waals surface area (Å²) in [6.07, 6.45) is 2.37. The summed E-state index contributed by atoms with van der Waals surface area (Å²) in [4.78, 5) is 13.3. The zero-order chi connectivity index (χ0) is 22.6. The molecule has 32 heavy (non-hydrogen) atoms. The predicted octanol–water partition coefficient (Wildman–Crippen LogP) is 3.97. The van der Waals surface area contributed by atoms with E-state index in [0.717, 1.165) is 36.9 Å². The number of hydrogen-bond acceptors (Lipinski definition) is 5. The number of carboxylic acid groups (broad SMARTS) is 1. The second kappa shape index (κ2) is 7.86. The molecule has 2 atom stereocenters. The highest BCUT2D eigenvalue weighted by molar-refractivity contribution is 5.93. The van der Waals surface area contributed by atoms with Gasteiger partial charge in [-0.05, 0) is 42.9 Å². The van der Waals surface area contributed by atoms with Gasteiger partial charge in [-0.15, -0.1) is 0 Å². The third kappa shape index (κ3) is 3.63. The minimum atomic E-state index is -3.06. The lowest BCUT2D eigenvalue weighted by Crippen LogP contribution is -2.32. The number of nitrogens with zero attached hydrogens (tertiary/aromatic N) is 1. The van der Waals surface area contributed by atoms with Gasteiger partial charge in [0.1, 0.15) is 6.10 Å². The summed E-state index contributed by atoms with van der Waals surface area (Å²) in [5, 5.41) is 23.6. The van der Waals surface area contributed by atoms with E-state index in [1.54, 1.807) is 17.0 Å². The van der Waals surface area contributed by atoms with Crippen LogP contribution in [0, 0.1) is 0 Å².